The van der Waals surface area contributed by atoms with Crippen molar-refractivity contribution in [2.45, 2.75) is 45.6 Å². The molecule has 1 aliphatic carbocycles. The molecule has 0 atom stereocenters. The van der Waals surface area contributed by atoms with Gasteiger partial charge >= 0.3 is 0 Å². The number of ether oxygens (including phenoxy) is 1. The smallest absolute Gasteiger partial charge is 0.0518 e. The van der Waals surface area contributed by atoms with E-state index < -0.39 is 0 Å². The third-order valence-corrected chi connectivity index (χ3v) is 2.61. The van der Waals surface area contributed by atoms with Crippen LogP contribution in [0.3, 0.4) is 0 Å². The molecule has 0 amide bonds. The van der Waals surface area contributed by atoms with Crippen molar-refractivity contribution < 1.29 is 4.74 Å². The minimum absolute atomic E-state index is 0.381. The summed E-state index contributed by atoms with van der Waals surface area (Å²) in [6.07, 6.45) is 5.85. The molecule has 78 valence electrons. The summed E-state index contributed by atoms with van der Waals surface area (Å²) in [7, 11) is 0. The second-order valence-electron chi connectivity index (χ2n) is 4.27. The van der Waals surface area contributed by atoms with Gasteiger partial charge in [0.15, 0.2) is 0 Å². The standard InChI is InChI=1S/C11H23NO/c1-10(2)13-8-4-7-12-9-11-5-3-6-11/h10-12H,3-9H2,1-2H3. The predicted molar refractivity (Wildman–Crippen MR) is 55.9 cm³/mol. The van der Waals surface area contributed by atoms with Gasteiger partial charge in [-0.05, 0) is 52.1 Å². The average Bonchev–Trinajstić information content (AvgIpc) is 1.99. The van der Waals surface area contributed by atoms with Crippen LogP contribution in [0.2, 0.25) is 0 Å². The Morgan fingerprint density at radius 2 is 2.15 bits per heavy atom. The van der Waals surface area contributed by atoms with E-state index in [1.54, 1.807) is 0 Å². The molecule has 13 heavy (non-hydrogen) atoms. The molecule has 0 aliphatic heterocycles. The fourth-order valence-corrected chi connectivity index (χ4v) is 1.52. The predicted octanol–water partition coefficient (Wildman–Crippen LogP) is 2.19. The topological polar surface area (TPSA) is 21.3 Å². The molecule has 0 heterocycles. The van der Waals surface area contributed by atoms with E-state index in [-0.39, 0.29) is 0 Å². The molecular formula is C11H23NO. The number of nitrogens with one attached hydrogen (secondary N) is 1. The molecule has 1 rings (SSSR count). The van der Waals surface area contributed by atoms with Gasteiger partial charge in [0.25, 0.3) is 0 Å². The van der Waals surface area contributed by atoms with Crippen LogP contribution in [0.1, 0.15) is 39.5 Å². The molecule has 1 aliphatic rings. The first kappa shape index (κ1) is 11.0. The first-order valence-electron chi connectivity index (χ1n) is 5.61. The molecule has 1 saturated carbocycles. The lowest BCUT2D eigenvalue weighted by Crippen LogP contribution is -2.28. The van der Waals surface area contributed by atoms with Gasteiger partial charge in [0, 0.05) is 6.61 Å². The van der Waals surface area contributed by atoms with Gasteiger partial charge in [-0.3, -0.25) is 0 Å². The van der Waals surface area contributed by atoms with Crippen LogP contribution in [0.4, 0.5) is 0 Å². The zero-order valence-electron chi connectivity index (χ0n) is 9.01. The van der Waals surface area contributed by atoms with Crippen molar-refractivity contribution in [3.63, 3.8) is 0 Å². The van der Waals surface area contributed by atoms with Crippen LogP contribution >= 0.6 is 0 Å². The highest BCUT2D eigenvalue weighted by molar-refractivity contribution is 4.71. The Kier molecular flexibility index (Phi) is 5.40. The lowest BCUT2D eigenvalue weighted by Gasteiger charge is -2.25. The van der Waals surface area contributed by atoms with Gasteiger partial charge < -0.3 is 10.1 Å². The van der Waals surface area contributed by atoms with E-state index in [9.17, 15) is 0 Å². The largest absolute Gasteiger partial charge is 0.379 e. The molecule has 2 heteroatoms. The Hall–Kier alpha value is -0.0800. The van der Waals surface area contributed by atoms with E-state index in [0.29, 0.717) is 6.10 Å². The second kappa shape index (κ2) is 6.39. The third-order valence-electron chi connectivity index (χ3n) is 2.61. The van der Waals surface area contributed by atoms with Crippen molar-refractivity contribution in [1.82, 2.24) is 5.32 Å². The number of rotatable bonds is 7. The highest BCUT2D eigenvalue weighted by Crippen LogP contribution is 2.24. The van der Waals surface area contributed by atoms with Crippen LogP contribution in [-0.4, -0.2) is 25.8 Å². The highest BCUT2D eigenvalue weighted by atomic mass is 16.5. The summed E-state index contributed by atoms with van der Waals surface area (Å²) in [5.74, 6) is 0.978. The first-order valence-corrected chi connectivity index (χ1v) is 5.61. The minimum atomic E-state index is 0.381. The summed E-state index contributed by atoms with van der Waals surface area (Å²) in [5, 5.41) is 3.48. The van der Waals surface area contributed by atoms with E-state index in [1.807, 2.05) is 0 Å². The number of hydrogen-bond acceptors (Lipinski definition) is 2. The summed E-state index contributed by atoms with van der Waals surface area (Å²) in [5.41, 5.74) is 0. The summed E-state index contributed by atoms with van der Waals surface area (Å²) < 4.78 is 5.45. The lowest BCUT2D eigenvalue weighted by molar-refractivity contribution is 0.0768. The van der Waals surface area contributed by atoms with Crippen LogP contribution in [-0.2, 0) is 4.74 Å². The van der Waals surface area contributed by atoms with Gasteiger partial charge in [0.1, 0.15) is 0 Å². The van der Waals surface area contributed by atoms with Crippen LogP contribution < -0.4 is 5.32 Å². The molecule has 0 aromatic carbocycles. The Balaban J connectivity index is 1.73. The fourth-order valence-electron chi connectivity index (χ4n) is 1.52. The summed E-state index contributed by atoms with van der Waals surface area (Å²) in [6.45, 7) is 7.41. The first-order chi connectivity index (χ1) is 6.29. The average molecular weight is 185 g/mol. The maximum Gasteiger partial charge on any atom is 0.0518 e. The molecule has 0 spiro atoms. The van der Waals surface area contributed by atoms with Gasteiger partial charge in [-0.15, -0.1) is 0 Å². The van der Waals surface area contributed by atoms with E-state index >= 15 is 0 Å². The third kappa shape index (κ3) is 5.27. The van der Waals surface area contributed by atoms with Crippen molar-refractivity contribution in [3.05, 3.63) is 0 Å². The molecule has 2 nitrogen and oxygen atoms in total. The zero-order valence-corrected chi connectivity index (χ0v) is 9.01. The quantitative estimate of drug-likeness (QED) is 0.614. The van der Waals surface area contributed by atoms with Crippen molar-refractivity contribution >= 4 is 0 Å². The monoisotopic (exact) mass is 185 g/mol. The molecule has 0 saturated heterocycles. The Bertz CT molecular complexity index is 121. The zero-order chi connectivity index (χ0) is 9.52. The summed E-state index contributed by atoms with van der Waals surface area (Å²) in [4.78, 5) is 0. The van der Waals surface area contributed by atoms with Crippen LogP contribution in [0.5, 0.6) is 0 Å². The lowest BCUT2D eigenvalue weighted by atomic mass is 9.85. The van der Waals surface area contributed by atoms with Gasteiger partial charge in [0.2, 0.25) is 0 Å². The number of hydrogen-bond donors (Lipinski definition) is 1. The molecule has 0 aromatic rings. The van der Waals surface area contributed by atoms with E-state index in [2.05, 4.69) is 19.2 Å². The van der Waals surface area contributed by atoms with E-state index in [1.165, 1.54) is 25.8 Å². The van der Waals surface area contributed by atoms with Crippen molar-refractivity contribution in [2.75, 3.05) is 19.7 Å². The van der Waals surface area contributed by atoms with Gasteiger partial charge in [-0.1, -0.05) is 6.42 Å². The van der Waals surface area contributed by atoms with Crippen LogP contribution in [0.15, 0.2) is 0 Å². The van der Waals surface area contributed by atoms with Gasteiger partial charge in [-0.2, -0.15) is 0 Å². The van der Waals surface area contributed by atoms with Crippen molar-refractivity contribution in [2.24, 2.45) is 5.92 Å². The Labute approximate surface area is 82.0 Å². The van der Waals surface area contributed by atoms with Crippen LogP contribution in [0.25, 0.3) is 0 Å². The molecule has 0 aromatic heterocycles. The van der Waals surface area contributed by atoms with E-state index in [4.69, 9.17) is 4.74 Å². The maximum absolute atomic E-state index is 5.45. The highest BCUT2D eigenvalue weighted by Gasteiger charge is 2.15. The fraction of sp³-hybridized carbons (Fsp3) is 1.00. The Morgan fingerprint density at radius 3 is 2.69 bits per heavy atom. The molecule has 0 radical (unpaired) electrons. The Morgan fingerprint density at radius 1 is 1.38 bits per heavy atom. The molecule has 0 bridgehead atoms. The minimum Gasteiger partial charge on any atom is -0.379 e. The van der Waals surface area contributed by atoms with Gasteiger partial charge in [-0.25, -0.2) is 0 Å². The SMILES string of the molecule is CC(C)OCCCNCC1CCC1. The second-order valence-corrected chi connectivity index (χ2v) is 4.27. The summed E-state index contributed by atoms with van der Waals surface area (Å²) in [6, 6.07) is 0. The molecule has 1 N–H and O–H groups in total. The van der Waals surface area contributed by atoms with Crippen molar-refractivity contribution in [3.8, 4) is 0 Å². The maximum atomic E-state index is 5.45. The van der Waals surface area contributed by atoms with Crippen LogP contribution in [0, 0.1) is 5.92 Å². The molecular weight excluding hydrogens is 162 g/mol. The van der Waals surface area contributed by atoms with E-state index in [0.717, 1.165) is 25.5 Å². The molecule has 0 unspecified atom stereocenters. The van der Waals surface area contributed by atoms with Crippen molar-refractivity contribution in [1.29, 1.82) is 0 Å². The molecule has 1 fully saturated rings. The van der Waals surface area contributed by atoms with Gasteiger partial charge in [0.05, 0.1) is 6.10 Å². The normalized spacial score (nSPS) is 17.8. The summed E-state index contributed by atoms with van der Waals surface area (Å²) >= 11 is 0.